The molecule has 1 rings (SSSR count). The fraction of sp³-hybridized carbons (Fsp3) is 0.467. The summed E-state index contributed by atoms with van der Waals surface area (Å²) in [6.07, 6.45) is 3.68. The van der Waals surface area contributed by atoms with Crippen LogP contribution in [-0.4, -0.2) is 18.4 Å². The number of unbranched alkanes of at least 4 members (excludes halogenated alkanes) is 2. The van der Waals surface area contributed by atoms with Crippen LogP contribution in [0.5, 0.6) is 0 Å². The smallest absolute Gasteiger partial charge is 0.224 e. The van der Waals surface area contributed by atoms with Gasteiger partial charge >= 0.3 is 0 Å². The molecule has 0 radical (unpaired) electrons. The minimum Gasteiger partial charge on any atom is -0.330 e. The Kier molecular flexibility index (Phi) is 7.35. The van der Waals surface area contributed by atoms with E-state index < -0.39 is 0 Å². The molecule has 5 heteroatoms. The lowest BCUT2D eigenvalue weighted by molar-refractivity contribution is -0.116. The van der Waals surface area contributed by atoms with Crippen molar-refractivity contribution < 1.29 is 9.59 Å². The Bertz CT molecular complexity index is 446. The lowest BCUT2D eigenvalue weighted by Crippen LogP contribution is -2.13. The van der Waals surface area contributed by atoms with Crippen molar-refractivity contribution in [3.05, 3.63) is 24.3 Å². The van der Waals surface area contributed by atoms with Crippen molar-refractivity contribution in [3.63, 3.8) is 0 Å². The molecule has 0 spiro atoms. The zero-order valence-electron chi connectivity index (χ0n) is 11.9. The predicted molar refractivity (Wildman–Crippen MR) is 81.5 cm³/mol. The molecule has 1 aromatic carbocycles. The minimum absolute atomic E-state index is 0.0130. The average Bonchev–Trinajstić information content (AvgIpc) is 2.44. The number of nitrogens with one attached hydrogen (secondary N) is 2. The van der Waals surface area contributed by atoms with Crippen molar-refractivity contribution >= 4 is 23.2 Å². The van der Waals surface area contributed by atoms with Crippen molar-refractivity contribution in [1.82, 2.24) is 0 Å². The summed E-state index contributed by atoms with van der Waals surface area (Å²) < 4.78 is 0. The fourth-order valence-corrected chi connectivity index (χ4v) is 1.75. The van der Waals surface area contributed by atoms with Gasteiger partial charge in [0.1, 0.15) is 0 Å². The Morgan fingerprint density at radius 1 is 1.05 bits per heavy atom. The maximum Gasteiger partial charge on any atom is 0.224 e. The number of carbonyl (C=O) groups excluding carboxylic acids is 2. The Balaban J connectivity index is 2.45. The van der Waals surface area contributed by atoms with Crippen LogP contribution in [0.15, 0.2) is 24.3 Å². The fourth-order valence-electron chi connectivity index (χ4n) is 1.75. The molecule has 20 heavy (non-hydrogen) atoms. The number of nitrogens with two attached hydrogens (primary N) is 1. The first-order chi connectivity index (χ1) is 9.65. The van der Waals surface area contributed by atoms with E-state index in [9.17, 15) is 9.59 Å². The summed E-state index contributed by atoms with van der Waals surface area (Å²) in [6.45, 7) is 2.46. The number of amides is 2. The van der Waals surface area contributed by atoms with Crippen LogP contribution in [0, 0.1) is 0 Å². The predicted octanol–water partition coefficient (Wildman–Crippen LogP) is 2.49. The largest absolute Gasteiger partial charge is 0.330 e. The quantitative estimate of drug-likeness (QED) is 0.638. The summed E-state index contributed by atoms with van der Waals surface area (Å²) >= 11 is 0. The minimum atomic E-state index is -0.0461. The molecule has 2 amide bonds. The molecule has 4 N–H and O–H groups in total. The summed E-state index contributed by atoms with van der Waals surface area (Å²) in [7, 11) is 0. The summed E-state index contributed by atoms with van der Waals surface area (Å²) in [6, 6.07) is 7.16. The Hall–Kier alpha value is -1.88. The van der Waals surface area contributed by atoms with E-state index in [1.165, 1.54) is 0 Å². The Morgan fingerprint density at radius 3 is 2.30 bits per heavy atom. The maximum absolute atomic E-state index is 11.7. The lowest BCUT2D eigenvalue weighted by atomic mass is 10.2. The lowest BCUT2D eigenvalue weighted by Gasteiger charge is -2.08. The number of hydrogen-bond acceptors (Lipinski definition) is 3. The standard InChI is InChI=1S/C15H23N3O2/c1-2-14(19)17-12-7-6-8-13(11-12)18-15(20)9-4-3-5-10-16/h6-8,11H,2-5,9-10,16H2,1H3,(H,17,19)(H,18,20). The third kappa shape index (κ3) is 6.33. The Morgan fingerprint density at radius 2 is 1.70 bits per heavy atom. The highest BCUT2D eigenvalue weighted by atomic mass is 16.2. The molecule has 0 bridgehead atoms. The number of anilines is 2. The molecule has 0 atom stereocenters. The van der Waals surface area contributed by atoms with Crippen LogP contribution < -0.4 is 16.4 Å². The molecule has 0 aromatic heterocycles. The van der Waals surface area contributed by atoms with Crippen LogP contribution in [0.2, 0.25) is 0 Å². The topological polar surface area (TPSA) is 84.2 Å². The molecular weight excluding hydrogens is 254 g/mol. The molecule has 0 saturated heterocycles. The highest BCUT2D eigenvalue weighted by Crippen LogP contribution is 2.16. The van der Waals surface area contributed by atoms with Gasteiger partial charge in [0.15, 0.2) is 0 Å². The van der Waals surface area contributed by atoms with E-state index in [1.54, 1.807) is 31.2 Å². The van der Waals surface area contributed by atoms with E-state index >= 15 is 0 Å². The van der Waals surface area contributed by atoms with Crippen molar-refractivity contribution in [3.8, 4) is 0 Å². The molecule has 5 nitrogen and oxygen atoms in total. The number of carbonyl (C=O) groups is 2. The van der Waals surface area contributed by atoms with Gasteiger partial charge in [0.25, 0.3) is 0 Å². The van der Waals surface area contributed by atoms with Crippen LogP contribution >= 0.6 is 0 Å². The maximum atomic E-state index is 11.7. The van der Waals surface area contributed by atoms with Gasteiger partial charge < -0.3 is 16.4 Å². The highest BCUT2D eigenvalue weighted by molar-refractivity contribution is 5.93. The van der Waals surface area contributed by atoms with Crippen LogP contribution in [-0.2, 0) is 9.59 Å². The average molecular weight is 277 g/mol. The van der Waals surface area contributed by atoms with E-state index in [1.807, 2.05) is 0 Å². The first-order valence-electron chi connectivity index (χ1n) is 7.05. The highest BCUT2D eigenvalue weighted by Gasteiger charge is 2.04. The molecule has 0 unspecified atom stereocenters. The van der Waals surface area contributed by atoms with Crippen LogP contribution in [0.25, 0.3) is 0 Å². The zero-order valence-corrected chi connectivity index (χ0v) is 11.9. The van der Waals surface area contributed by atoms with E-state index in [-0.39, 0.29) is 11.8 Å². The van der Waals surface area contributed by atoms with Crippen molar-refractivity contribution in [2.24, 2.45) is 5.73 Å². The van der Waals surface area contributed by atoms with Crippen LogP contribution in [0.1, 0.15) is 39.0 Å². The van der Waals surface area contributed by atoms with Crippen molar-refractivity contribution in [2.75, 3.05) is 17.2 Å². The SMILES string of the molecule is CCC(=O)Nc1cccc(NC(=O)CCCCCN)c1. The normalized spacial score (nSPS) is 10.1. The number of rotatable bonds is 8. The van der Waals surface area contributed by atoms with Gasteiger partial charge in [0.2, 0.25) is 11.8 Å². The summed E-state index contributed by atoms with van der Waals surface area (Å²) in [5, 5.41) is 5.59. The van der Waals surface area contributed by atoms with Crippen molar-refractivity contribution in [2.45, 2.75) is 39.0 Å². The first-order valence-corrected chi connectivity index (χ1v) is 7.05. The van der Waals surface area contributed by atoms with Gasteiger partial charge in [-0.1, -0.05) is 19.4 Å². The van der Waals surface area contributed by atoms with E-state index in [2.05, 4.69) is 10.6 Å². The third-order valence-electron chi connectivity index (χ3n) is 2.86. The van der Waals surface area contributed by atoms with E-state index in [4.69, 9.17) is 5.73 Å². The molecule has 0 fully saturated rings. The zero-order chi connectivity index (χ0) is 14.8. The van der Waals surface area contributed by atoms with Gasteiger partial charge in [-0.05, 0) is 37.6 Å². The molecule has 110 valence electrons. The number of hydrogen-bond donors (Lipinski definition) is 3. The van der Waals surface area contributed by atoms with Gasteiger partial charge in [-0.2, -0.15) is 0 Å². The molecule has 0 saturated carbocycles. The Labute approximate surface area is 119 Å². The van der Waals surface area contributed by atoms with Gasteiger partial charge in [0.05, 0.1) is 0 Å². The summed E-state index contributed by atoms with van der Waals surface area (Å²) in [4.78, 5) is 23.0. The molecule has 0 aliphatic heterocycles. The molecular formula is C15H23N3O2. The molecule has 0 aliphatic rings. The van der Waals surface area contributed by atoms with E-state index in [0.717, 1.165) is 19.3 Å². The first kappa shape index (κ1) is 16.2. The van der Waals surface area contributed by atoms with Crippen LogP contribution in [0.3, 0.4) is 0 Å². The van der Waals surface area contributed by atoms with Crippen molar-refractivity contribution in [1.29, 1.82) is 0 Å². The second-order valence-electron chi connectivity index (χ2n) is 4.63. The van der Waals surface area contributed by atoms with E-state index in [0.29, 0.717) is 30.8 Å². The van der Waals surface area contributed by atoms with Gasteiger partial charge in [-0.3, -0.25) is 9.59 Å². The molecule has 0 aliphatic carbocycles. The van der Waals surface area contributed by atoms with Gasteiger partial charge in [0, 0.05) is 24.2 Å². The second kappa shape index (κ2) is 9.09. The summed E-state index contributed by atoms with van der Waals surface area (Å²) in [5.74, 6) is -0.0590. The molecule has 1 aromatic rings. The monoisotopic (exact) mass is 277 g/mol. The third-order valence-corrected chi connectivity index (χ3v) is 2.86. The molecule has 0 heterocycles. The number of benzene rings is 1. The summed E-state index contributed by atoms with van der Waals surface area (Å²) in [5.41, 5.74) is 6.79. The van der Waals surface area contributed by atoms with Gasteiger partial charge in [-0.15, -0.1) is 0 Å². The van der Waals surface area contributed by atoms with Gasteiger partial charge in [-0.25, -0.2) is 0 Å². The second-order valence-corrected chi connectivity index (χ2v) is 4.63. The van der Waals surface area contributed by atoms with Crippen LogP contribution in [0.4, 0.5) is 11.4 Å².